The number of benzene rings is 2. The van der Waals surface area contributed by atoms with Gasteiger partial charge in [0, 0.05) is 35.1 Å². The van der Waals surface area contributed by atoms with Crippen molar-refractivity contribution >= 4 is 34.8 Å². The maximum atomic E-state index is 12.1. The molecule has 142 valence electrons. The van der Waals surface area contributed by atoms with Gasteiger partial charge in [-0.15, -0.1) is 0 Å². The summed E-state index contributed by atoms with van der Waals surface area (Å²) in [6.07, 6.45) is 5.05. The molecule has 6 heteroatoms. The van der Waals surface area contributed by atoms with Crippen molar-refractivity contribution in [1.29, 1.82) is 0 Å². The molecule has 0 saturated carbocycles. The van der Waals surface area contributed by atoms with E-state index in [2.05, 4.69) is 15.5 Å². The van der Waals surface area contributed by atoms with E-state index < -0.39 is 0 Å². The monoisotopic (exact) mass is 385 g/mol. The average molecular weight is 386 g/mol. The van der Waals surface area contributed by atoms with Crippen LogP contribution in [0.4, 0.5) is 11.4 Å². The Morgan fingerprint density at radius 2 is 1.67 bits per heavy atom. The van der Waals surface area contributed by atoms with Crippen molar-refractivity contribution in [2.24, 2.45) is 0 Å². The standard InChI is InChI=1S/C21H24ClN3O2/c22-17-7-5-6-16(14-17)21(27)23-15-20(26)24-18-8-10-19(11-9-18)25-12-3-1-2-4-13-25/h5-11,14H,1-4,12-13,15H2,(H,23,27)(H,24,26). The zero-order valence-corrected chi connectivity index (χ0v) is 16.0. The van der Waals surface area contributed by atoms with Gasteiger partial charge in [-0.2, -0.15) is 0 Å². The summed E-state index contributed by atoms with van der Waals surface area (Å²) in [5, 5.41) is 5.89. The Bertz CT molecular complexity index is 784. The number of nitrogens with zero attached hydrogens (tertiary/aromatic N) is 1. The third kappa shape index (κ3) is 5.73. The number of anilines is 2. The van der Waals surface area contributed by atoms with Crippen LogP contribution in [0.3, 0.4) is 0 Å². The molecular weight excluding hydrogens is 362 g/mol. The first-order chi connectivity index (χ1) is 13.1. The number of halogens is 1. The predicted molar refractivity (Wildman–Crippen MR) is 110 cm³/mol. The van der Waals surface area contributed by atoms with Crippen LogP contribution >= 0.6 is 11.6 Å². The maximum absolute atomic E-state index is 12.1. The van der Waals surface area contributed by atoms with Gasteiger partial charge >= 0.3 is 0 Å². The first kappa shape index (κ1) is 19.2. The highest BCUT2D eigenvalue weighted by Crippen LogP contribution is 2.21. The van der Waals surface area contributed by atoms with E-state index in [4.69, 9.17) is 11.6 Å². The Kier molecular flexibility index (Phi) is 6.71. The highest BCUT2D eigenvalue weighted by Gasteiger charge is 2.11. The van der Waals surface area contributed by atoms with Crippen molar-refractivity contribution in [3.63, 3.8) is 0 Å². The molecule has 1 heterocycles. The van der Waals surface area contributed by atoms with Crippen molar-refractivity contribution in [3.8, 4) is 0 Å². The third-order valence-electron chi connectivity index (χ3n) is 4.62. The summed E-state index contributed by atoms with van der Waals surface area (Å²) in [7, 11) is 0. The van der Waals surface area contributed by atoms with Crippen LogP contribution in [0.25, 0.3) is 0 Å². The summed E-state index contributed by atoms with van der Waals surface area (Å²) in [5.41, 5.74) is 2.33. The smallest absolute Gasteiger partial charge is 0.251 e. The second kappa shape index (κ2) is 9.42. The van der Waals surface area contributed by atoms with E-state index >= 15 is 0 Å². The van der Waals surface area contributed by atoms with Crippen LogP contribution < -0.4 is 15.5 Å². The Morgan fingerprint density at radius 1 is 0.963 bits per heavy atom. The predicted octanol–water partition coefficient (Wildman–Crippen LogP) is 4.09. The second-order valence-electron chi connectivity index (χ2n) is 6.69. The normalized spacial score (nSPS) is 14.3. The van der Waals surface area contributed by atoms with E-state index in [-0.39, 0.29) is 18.4 Å². The summed E-state index contributed by atoms with van der Waals surface area (Å²) in [5.74, 6) is -0.600. The van der Waals surface area contributed by atoms with Crippen LogP contribution in [-0.2, 0) is 4.79 Å². The first-order valence-electron chi connectivity index (χ1n) is 9.30. The lowest BCUT2D eigenvalue weighted by atomic mass is 10.2. The van der Waals surface area contributed by atoms with E-state index in [0.717, 1.165) is 18.8 Å². The Balaban J connectivity index is 1.49. The number of hydrogen-bond donors (Lipinski definition) is 2. The Morgan fingerprint density at radius 3 is 2.33 bits per heavy atom. The molecule has 0 aromatic heterocycles. The molecule has 2 aromatic carbocycles. The number of nitrogens with one attached hydrogen (secondary N) is 2. The first-order valence-corrected chi connectivity index (χ1v) is 9.68. The van der Waals surface area contributed by atoms with Crippen LogP contribution in [0.2, 0.25) is 5.02 Å². The summed E-state index contributed by atoms with van der Waals surface area (Å²) >= 11 is 5.87. The SMILES string of the molecule is O=C(CNC(=O)c1cccc(Cl)c1)Nc1ccc(N2CCCCCC2)cc1. The molecule has 0 radical (unpaired) electrons. The summed E-state index contributed by atoms with van der Waals surface area (Å²) in [6, 6.07) is 14.5. The van der Waals surface area contributed by atoms with E-state index in [9.17, 15) is 9.59 Å². The van der Waals surface area contributed by atoms with Crippen LogP contribution in [0.1, 0.15) is 36.0 Å². The highest BCUT2D eigenvalue weighted by molar-refractivity contribution is 6.31. The highest BCUT2D eigenvalue weighted by atomic mass is 35.5. The maximum Gasteiger partial charge on any atom is 0.251 e. The van der Waals surface area contributed by atoms with E-state index in [1.54, 1.807) is 24.3 Å². The molecule has 1 saturated heterocycles. The average Bonchev–Trinajstić information content (AvgIpc) is 2.96. The Labute approximate surface area is 164 Å². The molecule has 5 nitrogen and oxygen atoms in total. The van der Waals surface area contributed by atoms with Gasteiger partial charge in [-0.05, 0) is 55.3 Å². The number of carbonyl (C=O) groups excluding carboxylic acids is 2. The second-order valence-corrected chi connectivity index (χ2v) is 7.13. The lowest BCUT2D eigenvalue weighted by molar-refractivity contribution is -0.115. The van der Waals surface area contributed by atoms with E-state index in [0.29, 0.717) is 10.6 Å². The van der Waals surface area contributed by atoms with Crippen LogP contribution in [0.5, 0.6) is 0 Å². The molecular formula is C21H24ClN3O2. The summed E-state index contributed by atoms with van der Waals surface area (Å²) in [6.45, 7) is 2.07. The number of hydrogen-bond acceptors (Lipinski definition) is 3. The minimum Gasteiger partial charge on any atom is -0.372 e. The molecule has 0 bridgehead atoms. The fourth-order valence-electron chi connectivity index (χ4n) is 3.18. The fourth-order valence-corrected chi connectivity index (χ4v) is 3.37. The van der Waals surface area contributed by atoms with Gasteiger partial charge in [0.1, 0.15) is 0 Å². The van der Waals surface area contributed by atoms with Crippen LogP contribution in [-0.4, -0.2) is 31.4 Å². The van der Waals surface area contributed by atoms with Crippen LogP contribution in [0, 0.1) is 0 Å². The molecule has 2 aromatic rings. The third-order valence-corrected chi connectivity index (χ3v) is 4.85. The molecule has 0 aliphatic carbocycles. The molecule has 1 aliphatic rings. The number of amides is 2. The molecule has 1 aliphatic heterocycles. The van der Waals surface area contributed by atoms with Gasteiger partial charge in [0.05, 0.1) is 6.54 Å². The van der Waals surface area contributed by atoms with Crippen molar-refractivity contribution in [3.05, 3.63) is 59.1 Å². The van der Waals surface area contributed by atoms with Gasteiger partial charge in [0.25, 0.3) is 5.91 Å². The quantitative estimate of drug-likeness (QED) is 0.814. The van der Waals surface area contributed by atoms with Gasteiger partial charge < -0.3 is 15.5 Å². The van der Waals surface area contributed by atoms with E-state index in [1.165, 1.54) is 31.4 Å². The largest absolute Gasteiger partial charge is 0.372 e. The zero-order valence-electron chi connectivity index (χ0n) is 15.2. The molecule has 2 N–H and O–H groups in total. The van der Waals surface area contributed by atoms with Crippen molar-refractivity contribution < 1.29 is 9.59 Å². The summed E-state index contributed by atoms with van der Waals surface area (Å²) in [4.78, 5) is 26.5. The topological polar surface area (TPSA) is 61.4 Å². The minimum absolute atomic E-state index is 0.0980. The van der Waals surface area contributed by atoms with Gasteiger partial charge in [-0.25, -0.2) is 0 Å². The lowest BCUT2D eigenvalue weighted by Crippen LogP contribution is -2.32. The minimum atomic E-state index is -0.329. The fraction of sp³-hybridized carbons (Fsp3) is 0.333. The number of rotatable bonds is 5. The van der Waals surface area contributed by atoms with Gasteiger partial charge in [0.2, 0.25) is 5.91 Å². The zero-order chi connectivity index (χ0) is 19.1. The van der Waals surface area contributed by atoms with Gasteiger partial charge in [-0.3, -0.25) is 9.59 Å². The molecule has 2 amide bonds. The van der Waals surface area contributed by atoms with Crippen molar-refractivity contribution in [1.82, 2.24) is 5.32 Å². The van der Waals surface area contributed by atoms with Gasteiger partial charge in [0.15, 0.2) is 0 Å². The molecule has 0 spiro atoms. The molecule has 1 fully saturated rings. The Hall–Kier alpha value is -2.53. The van der Waals surface area contributed by atoms with Crippen molar-refractivity contribution in [2.45, 2.75) is 25.7 Å². The molecule has 27 heavy (non-hydrogen) atoms. The van der Waals surface area contributed by atoms with Gasteiger partial charge in [-0.1, -0.05) is 30.5 Å². The van der Waals surface area contributed by atoms with Crippen molar-refractivity contribution in [2.75, 3.05) is 29.9 Å². The van der Waals surface area contributed by atoms with Crippen LogP contribution in [0.15, 0.2) is 48.5 Å². The van der Waals surface area contributed by atoms with E-state index in [1.807, 2.05) is 24.3 Å². The molecule has 0 unspecified atom stereocenters. The molecule has 0 atom stereocenters. The lowest BCUT2D eigenvalue weighted by Gasteiger charge is -2.22. The summed E-state index contributed by atoms with van der Waals surface area (Å²) < 4.78 is 0. The number of carbonyl (C=O) groups is 2. The molecule has 3 rings (SSSR count).